The Hall–Kier alpha value is -4.77. The minimum atomic E-state index is -0.596. The smallest absolute Gasteiger partial charge is 0.267 e. The first-order valence-corrected chi connectivity index (χ1v) is 13.2. The summed E-state index contributed by atoms with van der Waals surface area (Å²) in [5, 5.41) is 7.91. The molecule has 1 fully saturated rings. The molecule has 2 aromatic carbocycles. The lowest BCUT2D eigenvalue weighted by Gasteiger charge is -2.20. The van der Waals surface area contributed by atoms with Crippen molar-refractivity contribution < 1.29 is 4.79 Å². The number of hydrogen-bond donors (Lipinski definition) is 1. The van der Waals surface area contributed by atoms with E-state index in [1.807, 2.05) is 55.5 Å². The maximum atomic E-state index is 14.1. The van der Waals surface area contributed by atoms with Gasteiger partial charge < -0.3 is 5.32 Å². The summed E-state index contributed by atoms with van der Waals surface area (Å²) in [6, 6.07) is 16.1. The summed E-state index contributed by atoms with van der Waals surface area (Å²) in [5.41, 5.74) is 3.11. The molecule has 3 heterocycles. The van der Waals surface area contributed by atoms with Crippen LogP contribution in [0.25, 0.3) is 22.2 Å². The molecule has 1 aliphatic carbocycles. The van der Waals surface area contributed by atoms with Gasteiger partial charge in [-0.05, 0) is 57.0 Å². The molecule has 1 atom stereocenters. The van der Waals surface area contributed by atoms with E-state index < -0.39 is 6.04 Å². The Kier molecular flexibility index (Phi) is 6.41. The highest BCUT2D eigenvalue weighted by Gasteiger charge is 2.24. The standard InChI is InChI=1S/C31H28N6O2/c1-20-26(29-32-18-9-19-36(29)35-20)30(38)33-21(2)28-34-25-15-8-12-23(17-16-22-10-6-7-11-22)27(25)31(39)37(28)24-13-4-3-5-14-24/h3-5,8-9,12-15,18-19,21-22H,6-7,10-11H2,1-2H3,(H,33,38)/t21-/m1/s1. The van der Waals surface area contributed by atoms with Gasteiger partial charge in [0, 0.05) is 23.9 Å². The van der Waals surface area contributed by atoms with Gasteiger partial charge in [-0.15, -0.1) is 0 Å². The van der Waals surface area contributed by atoms with E-state index in [1.54, 1.807) is 34.5 Å². The summed E-state index contributed by atoms with van der Waals surface area (Å²) in [7, 11) is 0. The Labute approximate surface area is 225 Å². The molecule has 8 heteroatoms. The van der Waals surface area contributed by atoms with Crippen LogP contribution in [-0.4, -0.2) is 30.1 Å². The molecule has 194 valence electrons. The molecule has 0 bridgehead atoms. The summed E-state index contributed by atoms with van der Waals surface area (Å²) in [6.07, 6.45) is 7.99. The highest BCUT2D eigenvalue weighted by molar-refractivity contribution is 6.01. The predicted octanol–water partition coefficient (Wildman–Crippen LogP) is 4.77. The van der Waals surface area contributed by atoms with Crippen molar-refractivity contribution in [1.29, 1.82) is 0 Å². The Morgan fingerprint density at radius 1 is 1.08 bits per heavy atom. The van der Waals surface area contributed by atoms with Crippen LogP contribution < -0.4 is 10.9 Å². The van der Waals surface area contributed by atoms with Crippen molar-refractivity contribution in [2.45, 2.75) is 45.6 Å². The highest BCUT2D eigenvalue weighted by Crippen LogP contribution is 2.25. The number of carbonyl (C=O) groups is 1. The normalized spacial score (nSPS) is 14.3. The average Bonchev–Trinajstić information content (AvgIpc) is 3.59. The van der Waals surface area contributed by atoms with Crippen molar-refractivity contribution in [2.75, 3.05) is 0 Å². The molecule has 6 rings (SSSR count). The largest absolute Gasteiger partial charge is 0.342 e. The quantitative estimate of drug-likeness (QED) is 0.347. The third-order valence-electron chi connectivity index (χ3n) is 7.24. The molecular formula is C31H28N6O2. The zero-order valence-corrected chi connectivity index (χ0v) is 21.9. The van der Waals surface area contributed by atoms with Gasteiger partial charge >= 0.3 is 0 Å². The van der Waals surface area contributed by atoms with Crippen molar-refractivity contribution in [3.8, 4) is 17.5 Å². The number of rotatable bonds is 4. The Bertz CT molecular complexity index is 1820. The third kappa shape index (κ3) is 4.57. The van der Waals surface area contributed by atoms with E-state index >= 15 is 0 Å². The van der Waals surface area contributed by atoms with Crippen molar-refractivity contribution in [3.63, 3.8) is 0 Å². The van der Waals surface area contributed by atoms with E-state index in [0.717, 1.165) is 12.8 Å². The number of nitrogens with zero attached hydrogens (tertiary/aromatic N) is 5. The van der Waals surface area contributed by atoms with Crippen LogP contribution >= 0.6 is 0 Å². The number of benzene rings is 2. The second-order valence-corrected chi connectivity index (χ2v) is 9.94. The fourth-order valence-electron chi connectivity index (χ4n) is 5.31. The average molecular weight is 517 g/mol. The van der Waals surface area contributed by atoms with E-state index in [0.29, 0.717) is 50.8 Å². The molecule has 0 unspecified atom stereocenters. The van der Waals surface area contributed by atoms with Crippen molar-refractivity contribution >= 4 is 22.5 Å². The monoisotopic (exact) mass is 516 g/mol. The van der Waals surface area contributed by atoms with Crippen LogP contribution in [0, 0.1) is 24.7 Å². The first-order chi connectivity index (χ1) is 19.0. The summed E-state index contributed by atoms with van der Waals surface area (Å²) in [6.45, 7) is 3.60. The number of fused-ring (bicyclic) bond motifs is 2. The molecule has 1 aliphatic rings. The second-order valence-electron chi connectivity index (χ2n) is 9.94. The molecule has 5 aromatic rings. The zero-order valence-electron chi connectivity index (χ0n) is 21.9. The summed E-state index contributed by atoms with van der Waals surface area (Å²) in [4.78, 5) is 36.8. The van der Waals surface area contributed by atoms with Crippen LogP contribution in [0.2, 0.25) is 0 Å². The van der Waals surface area contributed by atoms with Gasteiger partial charge in [-0.2, -0.15) is 5.10 Å². The topological polar surface area (TPSA) is 94.2 Å². The maximum Gasteiger partial charge on any atom is 0.267 e. The van der Waals surface area contributed by atoms with Gasteiger partial charge in [0.15, 0.2) is 5.65 Å². The number of amides is 1. The van der Waals surface area contributed by atoms with Gasteiger partial charge in [-0.1, -0.05) is 48.9 Å². The Balaban J connectivity index is 1.46. The maximum absolute atomic E-state index is 14.1. The lowest BCUT2D eigenvalue weighted by atomic mass is 10.1. The number of aromatic nitrogens is 5. The number of aryl methyl sites for hydroxylation is 1. The van der Waals surface area contributed by atoms with Gasteiger partial charge in [0.2, 0.25) is 0 Å². The second kappa shape index (κ2) is 10.2. The van der Waals surface area contributed by atoms with E-state index in [-0.39, 0.29) is 11.5 Å². The van der Waals surface area contributed by atoms with E-state index in [1.165, 1.54) is 12.8 Å². The van der Waals surface area contributed by atoms with Crippen LogP contribution in [0.15, 0.2) is 71.8 Å². The van der Waals surface area contributed by atoms with Crippen LogP contribution in [0.5, 0.6) is 0 Å². The van der Waals surface area contributed by atoms with Gasteiger partial charge in [0.05, 0.1) is 28.3 Å². The first-order valence-electron chi connectivity index (χ1n) is 13.2. The molecule has 1 saturated carbocycles. The molecule has 0 aliphatic heterocycles. The van der Waals surface area contributed by atoms with Crippen molar-refractivity contribution in [1.82, 2.24) is 29.5 Å². The first kappa shape index (κ1) is 24.6. The SMILES string of the molecule is Cc1nn2cccnc2c1C(=O)N[C@H](C)c1nc2cccc(C#CC3CCCC3)c2c(=O)n1-c1ccccc1. The molecule has 8 nitrogen and oxygen atoms in total. The predicted molar refractivity (Wildman–Crippen MR) is 150 cm³/mol. The minimum Gasteiger partial charge on any atom is -0.342 e. The summed E-state index contributed by atoms with van der Waals surface area (Å²) >= 11 is 0. The lowest BCUT2D eigenvalue weighted by Crippen LogP contribution is -2.33. The molecular weight excluding hydrogens is 488 g/mol. The van der Waals surface area contributed by atoms with E-state index in [2.05, 4.69) is 27.2 Å². The van der Waals surface area contributed by atoms with Gasteiger partial charge in [0.1, 0.15) is 11.4 Å². The molecule has 0 saturated heterocycles. The number of para-hydroxylation sites is 1. The van der Waals surface area contributed by atoms with Gasteiger partial charge in [-0.25, -0.2) is 14.5 Å². The van der Waals surface area contributed by atoms with Gasteiger partial charge in [-0.3, -0.25) is 14.2 Å². The van der Waals surface area contributed by atoms with Gasteiger partial charge in [0.25, 0.3) is 11.5 Å². The Morgan fingerprint density at radius 2 is 1.87 bits per heavy atom. The third-order valence-corrected chi connectivity index (χ3v) is 7.24. The Morgan fingerprint density at radius 3 is 2.67 bits per heavy atom. The number of carbonyl (C=O) groups excluding carboxylic acids is 1. The van der Waals surface area contributed by atoms with E-state index in [9.17, 15) is 9.59 Å². The fraction of sp³-hybridized carbons (Fsp3) is 0.258. The molecule has 0 radical (unpaired) electrons. The lowest BCUT2D eigenvalue weighted by molar-refractivity contribution is 0.0938. The number of hydrogen-bond acceptors (Lipinski definition) is 5. The zero-order chi connectivity index (χ0) is 26.9. The molecule has 0 spiro atoms. The molecule has 1 N–H and O–H groups in total. The van der Waals surface area contributed by atoms with Crippen LogP contribution in [-0.2, 0) is 0 Å². The highest BCUT2D eigenvalue weighted by atomic mass is 16.2. The van der Waals surface area contributed by atoms with Crippen LogP contribution in [0.4, 0.5) is 0 Å². The number of nitrogens with one attached hydrogen (secondary N) is 1. The van der Waals surface area contributed by atoms with Crippen LogP contribution in [0.3, 0.4) is 0 Å². The van der Waals surface area contributed by atoms with E-state index in [4.69, 9.17) is 4.98 Å². The van der Waals surface area contributed by atoms with Crippen LogP contribution in [0.1, 0.15) is 66.1 Å². The summed E-state index contributed by atoms with van der Waals surface area (Å²) < 4.78 is 3.16. The minimum absolute atomic E-state index is 0.215. The van der Waals surface area contributed by atoms with Crippen molar-refractivity contribution in [3.05, 3.63) is 100.0 Å². The molecule has 3 aromatic heterocycles. The fourth-order valence-corrected chi connectivity index (χ4v) is 5.31. The summed E-state index contributed by atoms with van der Waals surface area (Å²) in [5.74, 6) is 7.12. The molecule has 39 heavy (non-hydrogen) atoms. The molecule has 1 amide bonds. The van der Waals surface area contributed by atoms with Crippen molar-refractivity contribution in [2.24, 2.45) is 5.92 Å².